The second-order valence-electron chi connectivity index (χ2n) is 9.86. The maximum Gasteiger partial charge on any atom is 0.251 e. The monoisotopic (exact) mass is 434 g/mol. The second-order valence-corrected chi connectivity index (χ2v) is 9.86. The van der Waals surface area contributed by atoms with Crippen molar-refractivity contribution in [3.8, 4) is 16.9 Å². The largest absolute Gasteiger partial charge is 0.492 e. The number of likely N-dealkylation sites (tertiary alicyclic amines) is 1. The Bertz CT molecular complexity index is 919. The Morgan fingerprint density at radius 1 is 1.16 bits per heavy atom. The molecule has 32 heavy (non-hydrogen) atoms. The number of para-hydroxylation sites is 1. The highest BCUT2D eigenvalue weighted by molar-refractivity contribution is 5.95. The molecule has 172 valence electrons. The fourth-order valence-electron chi connectivity index (χ4n) is 4.75. The molecule has 1 aliphatic heterocycles. The maximum absolute atomic E-state index is 12.9. The van der Waals surface area contributed by atoms with Crippen LogP contribution in [0.1, 0.15) is 62.4 Å². The predicted molar refractivity (Wildman–Crippen MR) is 131 cm³/mol. The SMILES string of the molecule is CCN1CCC[C@H]1CNC(=O)c1cccc(-c2cccc(CC(C)C)c2OCC2CC2)c1. The van der Waals surface area contributed by atoms with E-state index in [1.807, 2.05) is 18.2 Å². The van der Waals surface area contributed by atoms with Crippen LogP contribution in [0.3, 0.4) is 0 Å². The number of ether oxygens (including phenoxy) is 1. The minimum atomic E-state index is 0.00795. The molecule has 2 aliphatic rings. The third-order valence-electron chi connectivity index (χ3n) is 6.72. The lowest BCUT2D eigenvalue weighted by Gasteiger charge is -2.23. The van der Waals surface area contributed by atoms with Gasteiger partial charge in [0.25, 0.3) is 5.91 Å². The molecule has 4 heteroatoms. The first-order chi connectivity index (χ1) is 15.5. The summed E-state index contributed by atoms with van der Waals surface area (Å²) in [5, 5.41) is 3.17. The lowest BCUT2D eigenvalue weighted by molar-refractivity contribution is 0.0941. The molecule has 0 spiro atoms. The zero-order chi connectivity index (χ0) is 22.5. The van der Waals surface area contributed by atoms with Gasteiger partial charge in [0, 0.05) is 23.7 Å². The van der Waals surface area contributed by atoms with Crippen LogP contribution in [-0.4, -0.2) is 43.1 Å². The molecule has 1 heterocycles. The summed E-state index contributed by atoms with van der Waals surface area (Å²) in [6.45, 7) is 10.4. The molecule has 1 aliphatic carbocycles. The van der Waals surface area contributed by atoms with Gasteiger partial charge in [-0.2, -0.15) is 0 Å². The molecule has 1 N–H and O–H groups in total. The smallest absolute Gasteiger partial charge is 0.251 e. The molecular weight excluding hydrogens is 396 g/mol. The number of rotatable bonds is 10. The predicted octanol–water partition coefficient (Wildman–Crippen LogP) is 5.56. The molecule has 0 bridgehead atoms. The standard InChI is InChI=1S/C28H38N2O2/c1-4-30-15-7-11-25(30)18-29-28(31)24-10-5-8-22(17-24)26-12-6-9-23(16-20(2)3)27(26)32-19-21-13-14-21/h5-6,8-10,12,17,20-21,25H,4,7,11,13-16,18-19H2,1-3H3,(H,29,31)/t25-/m0/s1. The van der Waals surface area contributed by atoms with Crippen LogP contribution >= 0.6 is 0 Å². The minimum Gasteiger partial charge on any atom is -0.492 e. The Morgan fingerprint density at radius 2 is 1.97 bits per heavy atom. The Labute approximate surface area is 193 Å². The van der Waals surface area contributed by atoms with E-state index in [-0.39, 0.29) is 5.91 Å². The Morgan fingerprint density at radius 3 is 2.72 bits per heavy atom. The van der Waals surface area contributed by atoms with Gasteiger partial charge in [-0.1, -0.05) is 51.1 Å². The highest BCUT2D eigenvalue weighted by Gasteiger charge is 2.25. The molecule has 0 aromatic heterocycles. The maximum atomic E-state index is 12.9. The molecule has 0 unspecified atom stereocenters. The van der Waals surface area contributed by atoms with E-state index >= 15 is 0 Å². The number of hydrogen-bond donors (Lipinski definition) is 1. The summed E-state index contributed by atoms with van der Waals surface area (Å²) in [5.41, 5.74) is 4.11. The Balaban J connectivity index is 1.53. The van der Waals surface area contributed by atoms with Crippen molar-refractivity contribution >= 4 is 5.91 Å². The molecule has 1 saturated carbocycles. The quantitative estimate of drug-likeness (QED) is 0.533. The zero-order valence-electron chi connectivity index (χ0n) is 19.9. The van der Waals surface area contributed by atoms with Gasteiger partial charge in [0.15, 0.2) is 0 Å². The van der Waals surface area contributed by atoms with Crippen molar-refractivity contribution in [2.45, 2.75) is 58.9 Å². The summed E-state index contributed by atoms with van der Waals surface area (Å²) >= 11 is 0. The number of nitrogens with one attached hydrogen (secondary N) is 1. The first-order valence-corrected chi connectivity index (χ1v) is 12.4. The van der Waals surface area contributed by atoms with Crippen molar-refractivity contribution < 1.29 is 9.53 Å². The van der Waals surface area contributed by atoms with Crippen molar-refractivity contribution in [2.75, 3.05) is 26.2 Å². The van der Waals surface area contributed by atoms with E-state index in [0.717, 1.165) is 49.5 Å². The van der Waals surface area contributed by atoms with Gasteiger partial charge in [-0.05, 0) is 80.3 Å². The van der Waals surface area contributed by atoms with E-state index in [0.29, 0.717) is 23.4 Å². The van der Waals surface area contributed by atoms with Crippen molar-refractivity contribution in [1.29, 1.82) is 0 Å². The summed E-state index contributed by atoms with van der Waals surface area (Å²) in [4.78, 5) is 15.4. The second kappa shape index (κ2) is 10.5. The van der Waals surface area contributed by atoms with Crippen LogP contribution in [0.25, 0.3) is 11.1 Å². The third-order valence-corrected chi connectivity index (χ3v) is 6.72. The van der Waals surface area contributed by atoms with Crippen LogP contribution in [0.2, 0.25) is 0 Å². The van der Waals surface area contributed by atoms with E-state index in [1.165, 1.54) is 31.2 Å². The van der Waals surface area contributed by atoms with Crippen LogP contribution in [0.5, 0.6) is 5.75 Å². The summed E-state index contributed by atoms with van der Waals surface area (Å²) < 4.78 is 6.38. The first-order valence-electron chi connectivity index (χ1n) is 12.4. The van der Waals surface area contributed by atoms with Crippen LogP contribution in [0.4, 0.5) is 0 Å². The summed E-state index contributed by atoms with van der Waals surface area (Å²) in [7, 11) is 0. The highest BCUT2D eigenvalue weighted by atomic mass is 16.5. The number of carbonyl (C=O) groups is 1. The molecule has 0 radical (unpaired) electrons. The number of amides is 1. The average molecular weight is 435 g/mol. The van der Waals surface area contributed by atoms with E-state index in [4.69, 9.17) is 4.74 Å². The van der Waals surface area contributed by atoms with Gasteiger partial charge in [0.05, 0.1) is 6.61 Å². The molecule has 2 aromatic rings. The number of hydrogen-bond acceptors (Lipinski definition) is 3. The van der Waals surface area contributed by atoms with E-state index in [9.17, 15) is 4.79 Å². The van der Waals surface area contributed by atoms with Gasteiger partial charge in [-0.3, -0.25) is 9.69 Å². The first kappa shape index (κ1) is 22.8. The number of benzene rings is 2. The van der Waals surface area contributed by atoms with Gasteiger partial charge in [0.2, 0.25) is 0 Å². The van der Waals surface area contributed by atoms with Gasteiger partial charge >= 0.3 is 0 Å². The number of carbonyl (C=O) groups excluding carboxylic acids is 1. The average Bonchev–Trinajstić information content (AvgIpc) is 3.51. The van der Waals surface area contributed by atoms with E-state index < -0.39 is 0 Å². The molecule has 2 fully saturated rings. The zero-order valence-corrected chi connectivity index (χ0v) is 19.9. The third kappa shape index (κ3) is 5.72. The molecule has 2 aromatic carbocycles. The van der Waals surface area contributed by atoms with Crippen molar-refractivity contribution in [2.24, 2.45) is 11.8 Å². The molecule has 1 saturated heterocycles. The number of likely N-dealkylation sites (N-methyl/N-ethyl adjacent to an activating group) is 1. The van der Waals surface area contributed by atoms with Crippen LogP contribution in [0.15, 0.2) is 42.5 Å². The molecule has 1 atom stereocenters. The molecule has 4 nitrogen and oxygen atoms in total. The number of nitrogens with zero attached hydrogens (tertiary/aromatic N) is 1. The van der Waals surface area contributed by atoms with Gasteiger partial charge in [-0.15, -0.1) is 0 Å². The minimum absolute atomic E-state index is 0.00795. The van der Waals surface area contributed by atoms with E-state index in [1.54, 1.807) is 0 Å². The Kier molecular flexibility index (Phi) is 7.51. The fourth-order valence-corrected chi connectivity index (χ4v) is 4.75. The van der Waals surface area contributed by atoms with Gasteiger partial charge in [0.1, 0.15) is 5.75 Å². The molecule has 1 amide bonds. The molecule has 4 rings (SSSR count). The summed E-state index contributed by atoms with van der Waals surface area (Å²) in [6.07, 6.45) is 5.92. The fraction of sp³-hybridized carbons (Fsp3) is 0.536. The highest BCUT2D eigenvalue weighted by Crippen LogP contribution is 2.37. The molecular formula is C28H38N2O2. The van der Waals surface area contributed by atoms with Crippen molar-refractivity contribution in [3.05, 3.63) is 53.6 Å². The van der Waals surface area contributed by atoms with Crippen LogP contribution in [0, 0.1) is 11.8 Å². The van der Waals surface area contributed by atoms with Gasteiger partial charge in [-0.25, -0.2) is 0 Å². The normalized spacial score (nSPS) is 18.8. The van der Waals surface area contributed by atoms with E-state index in [2.05, 4.69) is 55.3 Å². The summed E-state index contributed by atoms with van der Waals surface area (Å²) in [5.74, 6) is 2.26. The van der Waals surface area contributed by atoms with Crippen LogP contribution < -0.4 is 10.1 Å². The van der Waals surface area contributed by atoms with Crippen LogP contribution in [-0.2, 0) is 6.42 Å². The van der Waals surface area contributed by atoms with Crippen molar-refractivity contribution in [1.82, 2.24) is 10.2 Å². The summed E-state index contributed by atoms with van der Waals surface area (Å²) in [6, 6.07) is 14.9. The van der Waals surface area contributed by atoms with Crippen molar-refractivity contribution in [3.63, 3.8) is 0 Å². The lowest BCUT2D eigenvalue weighted by Crippen LogP contribution is -2.40. The van der Waals surface area contributed by atoms with Gasteiger partial charge < -0.3 is 10.1 Å². The topological polar surface area (TPSA) is 41.6 Å². The lowest BCUT2D eigenvalue weighted by atomic mass is 9.95. The Hall–Kier alpha value is -2.33.